The summed E-state index contributed by atoms with van der Waals surface area (Å²) in [5.74, 6) is -0.970. The topological polar surface area (TPSA) is 137 Å². The Hall–Kier alpha value is -3.71. The number of hydrogen-bond acceptors (Lipinski definition) is 8. The fourth-order valence-electron chi connectivity index (χ4n) is 2.81. The lowest BCUT2D eigenvalue weighted by atomic mass is 10.2. The molecule has 0 bridgehead atoms. The Bertz CT molecular complexity index is 1260. The molecule has 1 aromatic heterocycles. The molecule has 10 nitrogen and oxygen atoms in total. The van der Waals surface area contributed by atoms with Crippen LogP contribution in [-0.4, -0.2) is 36.6 Å². The number of nitrogens with one attached hydrogen (secondary N) is 1. The third kappa shape index (κ3) is 6.89. The van der Waals surface area contributed by atoms with E-state index in [-0.39, 0.29) is 41.4 Å². The SMILES string of the molecule is CC(C)Oc1cc(-c2nc(CNC(=O)c3ccccc3OS(=O)(=O)O)co2)ccc1OC(F)F. The maximum Gasteiger partial charge on any atom is 0.446 e. The Kier molecular flexibility index (Phi) is 7.68. The number of amides is 1. The molecule has 3 rings (SSSR count). The minimum Gasteiger partial charge on any atom is -0.487 e. The van der Waals surface area contributed by atoms with Crippen LogP contribution in [0.15, 0.2) is 53.1 Å². The average molecular weight is 498 g/mol. The third-order valence-corrected chi connectivity index (χ3v) is 4.47. The summed E-state index contributed by atoms with van der Waals surface area (Å²) in [5, 5.41) is 2.53. The number of benzene rings is 2. The van der Waals surface area contributed by atoms with Crippen LogP contribution in [0.1, 0.15) is 29.9 Å². The maximum absolute atomic E-state index is 12.7. The number of rotatable bonds is 10. The summed E-state index contributed by atoms with van der Waals surface area (Å²) in [6.45, 7) is 0.337. The summed E-state index contributed by atoms with van der Waals surface area (Å²) < 4.78 is 75.9. The van der Waals surface area contributed by atoms with Gasteiger partial charge in [0.2, 0.25) is 5.89 Å². The van der Waals surface area contributed by atoms with E-state index in [0.717, 1.165) is 0 Å². The summed E-state index contributed by atoms with van der Waals surface area (Å²) in [5.41, 5.74) is 0.603. The Morgan fingerprint density at radius 3 is 2.53 bits per heavy atom. The molecule has 0 saturated heterocycles. The molecule has 182 valence electrons. The highest BCUT2D eigenvalue weighted by molar-refractivity contribution is 7.81. The standard InChI is InChI=1S/C21H20F2N2O8S/c1-12(2)31-18-9-13(7-8-17(18)32-21(22)23)20-25-14(11-30-20)10-24-19(26)15-5-3-4-6-16(15)33-34(27,28)29/h3-9,11-12,21H,10H2,1-2H3,(H,24,26)(H,27,28,29). The number of carbonyl (C=O) groups is 1. The van der Waals surface area contributed by atoms with Crippen LogP contribution in [0.5, 0.6) is 17.2 Å². The summed E-state index contributed by atoms with van der Waals surface area (Å²) in [6.07, 6.45) is 0.973. The number of alkyl halides is 2. The predicted molar refractivity (Wildman–Crippen MR) is 114 cm³/mol. The van der Waals surface area contributed by atoms with Crippen molar-refractivity contribution in [2.45, 2.75) is 33.1 Å². The first kappa shape index (κ1) is 24.9. The number of para-hydroxylation sites is 1. The Labute approximate surface area is 193 Å². The molecule has 0 radical (unpaired) electrons. The van der Waals surface area contributed by atoms with Crippen molar-refractivity contribution < 1.29 is 44.6 Å². The molecule has 1 amide bonds. The van der Waals surface area contributed by atoms with E-state index in [4.69, 9.17) is 13.7 Å². The van der Waals surface area contributed by atoms with Crippen molar-refractivity contribution in [1.29, 1.82) is 0 Å². The number of nitrogens with zero attached hydrogens (tertiary/aromatic N) is 1. The third-order valence-electron chi connectivity index (χ3n) is 4.08. The monoisotopic (exact) mass is 498 g/mol. The molecule has 13 heteroatoms. The van der Waals surface area contributed by atoms with E-state index in [1.165, 1.54) is 48.7 Å². The van der Waals surface area contributed by atoms with Gasteiger partial charge >= 0.3 is 17.0 Å². The van der Waals surface area contributed by atoms with Gasteiger partial charge in [-0.15, -0.1) is 0 Å². The van der Waals surface area contributed by atoms with Crippen molar-refractivity contribution in [3.63, 3.8) is 0 Å². The van der Waals surface area contributed by atoms with E-state index >= 15 is 0 Å². The molecular formula is C21H20F2N2O8S. The predicted octanol–water partition coefficient (Wildman–Crippen LogP) is 3.84. The molecule has 0 unspecified atom stereocenters. The zero-order valence-electron chi connectivity index (χ0n) is 17.9. The number of carbonyl (C=O) groups excluding carboxylic acids is 1. The molecule has 0 fully saturated rings. The van der Waals surface area contributed by atoms with Crippen molar-refractivity contribution >= 4 is 16.3 Å². The minimum absolute atomic E-state index is 0.0799. The van der Waals surface area contributed by atoms with Crippen molar-refractivity contribution in [3.8, 4) is 28.7 Å². The number of oxazole rings is 1. The van der Waals surface area contributed by atoms with Gasteiger partial charge in [0.05, 0.1) is 23.9 Å². The van der Waals surface area contributed by atoms with Gasteiger partial charge in [0.15, 0.2) is 17.2 Å². The Morgan fingerprint density at radius 2 is 1.85 bits per heavy atom. The van der Waals surface area contributed by atoms with Crippen LogP contribution in [0.25, 0.3) is 11.5 Å². The van der Waals surface area contributed by atoms with Crippen LogP contribution in [-0.2, 0) is 16.9 Å². The van der Waals surface area contributed by atoms with Crippen molar-refractivity contribution in [2.24, 2.45) is 0 Å². The van der Waals surface area contributed by atoms with E-state index in [0.29, 0.717) is 11.3 Å². The molecule has 0 spiro atoms. The fourth-order valence-corrected chi connectivity index (χ4v) is 3.18. The Morgan fingerprint density at radius 1 is 1.12 bits per heavy atom. The van der Waals surface area contributed by atoms with E-state index in [1.54, 1.807) is 13.8 Å². The molecule has 0 atom stereocenters. The first-order valence-corrected chi connectivity index (χ1v) is 11.1. The van der Waals surface area contributed by atoms with Gasteiger partial charge < -0.3 is 23.4 Å². The van der Waals surface area contributed by atoms with Crippen molar-refractivity contribution in [1.82, 2.24) is 10.3 Å². The highest BCUT2D eigenvalue weighted by atomic mass is 32.3. The highest BCUT2D eigenvalue weighted by Crippen LogP contribution is 2.34. The average Bonchev–Trinajstić information content (AvgIpc) is 3.21. The second-order valence-electron chi connectivity index (χ2n) is 7.04. The summed E-state index contributed by atoms with van der Waals surface area (Å²) in [4.78, 5) is 16.7. The molecule has 2 N–H and O–H groups in total. The first-order chi connectivity index (χ1) is 16.0. The lowest BCUT2D eigenvalue weighted by molar-refractivity contribution is -0.0518. The van der Waals surface area contributed by atoms with E-state index in [9.17, 15) is 22.0 Å². The van der Waals surface area contributed by atoms with Gasteiger partial charge in [-0.1, -0.05) is 12.1 Å². The van der Waals surface area contributed by atoms with Crippen molar-refractivity contribution in [3.05, 3.63) is 60.0 Å². The van der Waals surface area contributed by atoms with E-state index in [1.807, 2.05) is 0 Å². The minimum atomic E-state index is -4.82. The number of hydrogen-bond donors (Lipinski definition) is 2. The quantitative estimate of drug-likeness (QED) is 0.399. The molecule has 2 aromatic carbocycles. The largest absolute Gasteiger partial charge is 0.487 e. The van der Waals surface area contributed by atoms with Gasteiger partial charge in [-0.3, -0.25) is 9.35 Å². The van der Waals surface area contributed by atoms with Crippen LogP contribution in [0.3, 0.4) is 0 Å². The number of aromatic nitrogens is 1. The van der Waals surface area contributed by atoms with Crippen LogP contribution in [0.2, 0.25) is 0 Å². The summed E-state index contributed by atoms with van der Waals surface area (Å²) in [7, 11) is -4.82. The highest BCUT2D eigenvalue weighted by Gasteiger charge is 2.18. The zero-order valence-corrected chi connectivity index (χ0v) is 18.7. The summed E-state index contributed by atoms with van der Waals surface area (Å²) in [6, 6.07) is 9.63. The molecular weight excluding hydrogens is 478 g/mol. The molecule has 0 saturated carbocycles. The lowest BCUT2D eigenvalue weighted by Gasteiger charge is -2.15. The maximum atomic E-state index is 12.7. The van der Waals surface area contributed by atoms with Crippen LogP contribution >= 0.6 is 0 Å². The molecule has 3 aromatic rings. The lowest BCUT2D eigenvalue weighted by Crippen LogP contribution is -2.24. The zero-order chi connectivity index (χ0) is 24.9. The normalized spacial score (nSPS) is 11.5. The van der Waals surface area contributed by atoms with Crippen LogP contribution in [0, 0.1) is 0 Å². The van der Waals surface area contributed by atoms with Crippen LogP contribution in [0.4, 0.5) is 8.78 Å². The van der Waals surface area contributed by atoms with Crippen molar-refractivity contribution in [2.75, 3.05) is 0 Å². The number of ether oxygens (including phenoxy) is 2. The second-order valence-corrected chi connectivity index (χ2v) is 8.06. The van der Waals surface area contributed by atoms with Gasteiger partial charge in [0, 0.05) is 5.56 Å². The van der Waals surface area contributed by atoms with Crippen LogP contribution < -0.4 is 19.0 Å². The van der Waals surface area contributed by atoms with Gasteiger partial charge in [-0.05, 0) is 44.2 Å². The molecule has 34 heavy (non-hydrogen) atoms. The molecule has 0 aliphatic carbocycles. The van der Waals surface area contributed by atoms with E-state index in [2.05, 4.69) is 19.2 Å². The van der Waals surface area contributed by atoms with Gasteiger partial charge in [0.25, 0.3) is 5.91 Å². The second kappa shape index (κ2) is 10.5. The Balaban J connectivity index is 1.74. The van der Waals surface area contributed by atoms with Gasteiger partial charge in [-0.25, -0.2) is 4.98 Å². The fraction of sp³-hybridized carbons (Fsp3) is 0.238. The molecule has 0 aliphatic rings. The van der Waals surface area contributed by atoms with Gasteiger partial charge in [0.1, 0.15) is 6.26 Å². The smallest absolute Gasteiger partial charge is 0.446 e. The molecule has 1 heterocycles. The number of halogens is 2. The summed E-state index contributed by atoms with van der Waals surface area (Å²) >= 11 is 0. The molecule has 0 aliphatic heterocycles. The first-order valence-electron chi connectivity index (χ1n) is 9.76. The van der Waals surface area contributed by atoms with E-state index < -0.39 is 22.9 Å². The van der Waals surface area contributed by atoms with Gasteiger partial charge in [-0.2, -0.15) is 17.2 Å².